The fraction of sp³-hybridized carbons (Fsp3) is 0.857. The third-order valence-electron chi connectivity index (χ3n) is 3.27. The van der Waals surface area contributed by atoms with Gasteiger partial charge in [0.15, 0.2) is 0 Å². The first kappa shape index (κ1) is 13.7. The van der Waals surface area contributed by atoms with Crippen LogP contribution in [0.25, 0.3) is 0 Å². The second-order valence-corrected chi connectivity index (χ2v) is 4.55. The molecular weight excluding hydrogens is 168 g/mol. The zero-order chi connectivity index (χ0) is 10.8. The molecule has 0 bridgehead atoms. The van der Waals surface area contributed by atoms with Gasteiger partial charge in [0.1, 0.15) is 0 Å². The van der Waals surface area contributed by atoms with Gasteiger partial charge in [0.25, 0.3) is 0 Å². The lowest BCUT2D eigenvalue weighted by molar-refractivity contribution is 0.348. The SMILES string of the molecule is CCCC=CCCCC(C)C(C)CC. The number of allylic oxidation sites excluding steroid dienone is 2. The molecule has 0 amide bonds. The summed E-state index contributed by atoms with van der Waals surface area (Å²) < 4.78 is 0. The van der Waals surface area contributed by atoms with Gasteiger partial charge in [0.05, 0.1) is 0 Å². The van der Waals surface area contributed by atoms with E-state index in [0.717, 1.165) is 11.8 Å². The minimum atomic E-state index is 0.898. The van der Waals surface area contributed by atoms with Gasteiger partial charge in [-0.15, -0.1) is 0 Å². The van der Waals surface area contributed by atoms with Crippen molar-refractivity contribution < 1.29 is 0 Å². The van der Waals surface area contributed by atoms with Crippen LogP contribution < -0.4 is 0 Å². The molecule has 0 aromatic carbocycles. The fourth-order valence-corrected chi connectivity index (χ4v) is 1.65. The van der Waals surface area contributed by atoms with E-state index in [1.165, 1.54) is 38.5 Å². The summed E-state index contributed by atoms with van der Waals surface area (Å²) in [5.74, 6) is 1.80. The van der Waals surface area contributed by atoms with E-state index in [0.29, 0.717) is 0 Å². The van der Waals surface area contributed by atoms with E-state index in [-0.39, 0.29) is 0 Å². The van der Waals surface area contributed by atoms with Crippen molar-refractivity contribution in [3.63, 3.8) is 0 Å². The van der Waals surface area contributed by atoms with E-state index >= 15 is 0 Å². The Bertz CT molecular complexity index is 135. The molecule has 0 rings (SSSR count). The van der Waals surface area contributed by atoms with Crippen molar-refractivity contribution in [3.8, 4) is 0 Å². The van der Waals surface area contributed by atoms with E-state index in [1.807, 2.05) is 0 Å². The van der Waals surface area contributed by atoms with E-state index in [4.69, 9.17) is 0 Å². The molecule has 0 saturated heterocycles. The predicted octanol–water partition coefficient (Wildman–Crippen LogP) is 5.20. The van der Waals surface area contributed by atoms with Crippen LogP contribution in [-0.4, -0.2) is 0 Å². The topological polar surface area (TPSA) is 0 Å². The quantitative estimate of drug-likeness (QED) is 0.370. The van der Waals surface area contributed by atoms with Gasteiger partial charge in [-0.25, -0.2) is 0 Å². The second kappa shape index (κ2) is 9.30. The molecule has 2 atom stereocenters. The molecule has 0 aromatic rings. The molecule has 2 unspecified atom stereocenters. The predicted molar refractivity (Wildman–Crippen MR) is 66.5 cm³/mol. The van der Waals surface area contributed by atoms with Crippen LogP contribution in [0.3, 0.4) is 0 Å². The molecule has 0 heterocycles. The minimum Gasteiger partial charge on any atom is -0.0885 e. The zero-order valence-corrected chi connectivity index (χ0v) is 10.6. The lowest BCUT2D eigenvalue weighted by atomic mass is 9.89. The molecule has 0 heteroatoms. The molecule has 0 aliphatic rings. The van der Waals surface area contributed by atoms with Gasteiger partial charge < -0.3 is 0 Å². The van der Waals surface area contributed by atoms with E-state index in [2.05, 4.69) is 39.8 Å². The summed E-state index contributed by atoms with van der Waals surface area (Å²) in [7, 11) is 0. The van der Waals surface area contributed by atoms with Gasteiger partial charge in [0, 0.05) is 0 Å². The van der Waals surface area contributed by atoms with Crippen LogP contribution in [0.2, 0.25) is 0 Å². The summed E-state index contributed by atoms with van der Waals surface area (Å²) in [5.41, 5.74) is 0. The van der Waals surface area contributed by atoms with Crippen LogP contribution >= 0.6 is 0 Å². The molecule has 0 aliphatic heterocycles. The molecule has 0 N–H and O–H groups in total. The molecule has 84 valence electrons. The fourth-order valence-electron chi connectivity index (χ4n) is 1.65. The normalized spacial score (nSPS) is 16.0. The Morgan fingerprint density at radius 1 is 0.929 bits per heavy atom. The van der Waals surface area contributed by atoms with E-state index in [1.54, 1.807) is 0 Å². The number of unbranched alkanes of at least 4 members (excludes halogenated alkanes) is 2. The van der Waals surface area contributed by atoms with Gasteiger partial charge in [-0.05, 0) is 31.1 Å². The maximum Gasteiger partial charge on any atom is -0.0351 e. The standard InChI is InChI=1S/C14H28/c1-5-7-8-9-10-11-12-14(4)13(3)6-2/h8-9,13-14H,5-7,10-12H2,1-4H3. The molecule has 0 radical (unpaired) electrons. The highest BCUT2D eigenvalue weighted by Crippen LogP contribution is 2.20. The largest absolute Gasteiger partial charge is 0.0885 e. The van der Waals surface area contributed by atoms with Crippen molar-refractivity contribution in [2.75, 3.05) is 0 Å². The van der Waals surface area contributed by atoms with Crippen LogP contribution in [0.1, 0.15) is 66.2 Å². The molecular formula is C14H28. The van der Waals surface area contributed by atoms with Crippen molar-refractivity contribution >= 4 is 0 Å². The molecule has 0 aromatic heterocycles. The Labute approximate surface area is 90.8 Å². The smallest absolute Gasteiger partial charge is 0.0351 e. The Morgan fingerprint density at radius 3 is 2.14 bits per heavy atom. The summed E-state index contributed by atoms with van der Waals surface area (Å²) in [4.78, 5) is 0. The second-order valence-electron chi connectivity index (χ2n) is 4.55. The highest BCUT2D eigenvalue weighted by Gasteiger charge is 2.08. The average molecular weight is 196 g/mol. The summed E-state index contributed by atoms with van der Waals surface area (Å²) in [5, 5.41) is 0. The Hall–Kier alpha value is -0.260. The third-order valence-corrected chi connectivity index (χ3v) is 3.27. The molecule has 0 saturated carbocycles. The molecule has 0 fully saturated rings. The summed E-state index contributed by atoms with van der Waals surface area (Å²) in [6.45, 7) is 9.29. The van der Waals surface area contributed by atoms with Crippen molar-refractivity contribution in [2.45, 2.75) is 66.2 Å². The first-order valence-electron chi connectivity index (χ1n) is 6.37. The zero-order valence-electron chi connectivity index (χ0n) is 10.6. The van der Waals surface area contributed by atoms with Crippen LogP contribution in [0.4, 0.5) is 0 Å². The monoisotopic (exact) mass is 196 g/mol. The number of rotatable bonds is 8. The minimum absolute atomic E-state index is 0.898. The van der Waals surface area contributed by atoms with Crippen molar-refractivity contribution in [1.82, 2.24) is 0 Å². The lowest BCUT2D eigenvalue weighted by Crippen LogP contribution is -2.06. The van der Waals surface area contributed by atoms with E-state index in [9.17, 15) is 0 Å². The molecule has 0 spiro atoms. The van der Waals surface area contributed by atoms with Gasteiger partial charge >= 0.3 is 0 Å². The van der Waals surface area contributed by atoms with Gasteiger partial charge in [-0.3, -0.25) is 0 Å². The van der Waals surface area contributed by atoms with E-state index < -0.39 is 0 Å². The van der Waals surface area contributed by atoms with Gasteiger partial charge in [0.2, 0.25) is 0 Å². The van der Waals surface area contributed by atoms with Gasteiger partial charge in [-0.1, -0.05) is 59.1 Å². The lowest BCUT2D eigenvalue weighted by Gasteiger charge is -2.17. The van der Waals surface area contributed by atoms with Crippen LogP contribution in [0.5, 0.6) is 0 Å². The van der Waals surface area contributed by atoms with Crippen molar-refractivity contribution in [1.29, 1.82) is 0 Å². The highest BCUT2D eigenvalue weighted by molar-refractivity contribution is 4.81. The van der Waals surface area contributed by atoms with Crippen molar-refractivity contribution in [3.05, 3.63) is 12.2 Å². The Morgan fingerprint density at radius 2 is 1.57 bits per heavy atom. The highest BCUT2D eigenvalue weighted by atomic mass is 14.1. The summed E-state index contributed by atoms with van der Waals surface area (Å²) in [6.07, 6.45) is 12.6. The molecule has 0 nitrogen and oxygen atoms in total. The summed E-state index contributed by atoms with van der Waals surface area (Å²) >= 11 is 0. The molecule has 14 heavy (non-hydrogen) atoms. The maximum atomic E-state index is 2.39. The number of hydrogen-bond donors (Lipinski definition) is 0. The first-order chi connectivity index (χ1) is 6.72. The maximum absolute atomic E-state index is 2.39. The summed E-state index contributed by atoms with van der Waals surface area (Å²) in [6, 6.07) is 0. The van der Waals surface area contributed by atoms with Crippen LogP contribution in [-0.2, 0) is 0 Å². The number of hydrogen-bond acceptors (Lipinski definition) is 0. The van der Waals surface area contributed by atoms with Gasteiger partial charge in [-0.2, -0.15) is 0 Å². The van der Waals surface area contributed by atoms with Crippen LogP contribution in [0.15, 0.2) is 12.2 Å². The molecule has 0 aliphatic carbocycles. The third kappa shape index (κ3) is 7.17. The first-order valence-corrected chi connectivity index (χ1v) is 6.37. The average Bonchev–Trinajstić information content (AvgIpc) is 2.21. The van der Waals surface area contributed by atoms with Crippen molar-refractivity contribution in [2.24, 2.45) is 11.8 Å². The van der Waals surface area contributed by atoms with Crippen LogP contribution in [0, 0.1) is 11.8 Å². The Kier molecular flexibility index (Phi) is 9.13. The Balaban J connectivity index is 3.35.